The number of H-pyrrole nitrogens is 1. The van der Waals surface area contributed by atoms with E-state index in [1.54, 1.807) is 11.2 Å². The van der Waals surface area contributed by atoms with Crippen molar-refractivity contribution in [3.63, 3.8) is 0 Å². The zero-order chi connectivity index (χ0) is 20.1. The third-order valence-electron chi connectivity index (χ3n) is 6.18. The molecule has 6 rings (SSSR count). The number of quaternary nitrogens is 1. The van der Waals surface area contributed by atoms with Crippen LogP contribution in [0.1, 0.15) is 11.1 Å². The first kappa shape index (κ1) is 17.5. The van der Waals surface area contributed by atoms with E-state index in [-0.39, 0.29) is 0 Å². The standard InChI is InChI=1S/C23H23N5O2/c1-15-2-4-17-18(10-15)26-22-21(17)24-13-25-23(22)28-8-6-27(7-9-28)12-16-3-5-19-20(11-16)30-14-29-19/h2-5,10-11,13,26H,6-9,12,14H2,1H3/p+1. The molecule has 0 atom stereocenters. The van der Waals surface area contributed by atoms with Crippen LogP contribution in [0.15, 0.2) is 42.7 Å². The Morgan fingerprint density at radius 1 is 1.03 bits per heavy atom. The molecule has 152 valence electrons. The first-order chi connectivity index (χ1) is 14.7. The van der Waals surface area contributed by atoms with Crippen LogP contribution >= 0.6 is 0 Å². The number of anilines is 1. The van der Waals surface area contributed by atoms with Crippen LogP contribution in [0.4, 0.5) is 5.82 Å². The van der Waals surface area contributed by atoms with E-state index >= 15 is 0 Å². The second-order valence-electron chi connectivity index (χ2n) is 8.20. The van der Waals surface area contributed by atoms with Crippen molar-refractivity contribution in [1.29, 1.82) is 0 Å². The summed E-state index contributed by atoms with van der Waals surface area (Å²) in [6.07, 6.45) is 1.69. The van der Waals surface area contributed by atoms with Crippen LogP contribution in [0, 0.1) is 6.92 Å². The molecule has 7 heteroatoms. The Morgan fingerprint density at radius 2 is 1.90 bits per heavy atom. The molecule has 0 radical (unpaired) electrons. The summed E-state index contributed by atoms with van der Waals surface area (Å²) in [5.41, 5.74) is 5.70. The molecule has 2 aliphatic rings. The zero-order valence-electron chi connectivity index (χ0n) is 16.9. The molecule has 0 saturated carbocycles. The maximum atomic E-state index is 5.52. The highest BCUT2D eigenvalue weighted by atomic mass is 16.7. The summed E-state index contributed by atoms with van der Waals surface area (Å²) in [6, 6.07) is 12.7. The molecular formula is C23H24N5O2+. The second-order valence-corrected chi connectivity index (χ2v) is 8.20. The predicted octanol–water partition coefficient (Wildman–Crippen LogP) is 2.05. The van der Waals surface area contributed by atoms with Gasteiger partial charge in [-0.05, 0) is 36.8 Å². The molecule has 0 aliphatic carbocycles. The van der Waals surface area contributed by atoms with Gasteiger partial charge in [0, 0.05) is 16.5 Å². The first-order valence-electron chi connectivity index (χ1n) is 10.4. The van der Waals surface area contributed by atoms with Gasteiger partial charge in [-0.15, -0.1) is 0 Å². The van der Waals surface area contributed by atoms with Gasteiger partial charge in [0.15, 0.2) is 17.3 Å². The van der Waals surface area contributed by atoms with Gasteiger partial charge in [0.2, 0.25) is 6.79 Å². The summed E-state index contributed by atoms with van der Waals surface area (Å²) in [5, 5.41) is 1.16. The van der Waals surface area contributed by atoms with E-state index in [0.717, 1.165) is 72.0 Å². The first-order valence-corrected chi connectivity index (χ1v) is 10.4. The van der Waals surface area contributed by atoms with Gasteiger partial charge in [0.25, 0.3) is 0 Å². The monoisotopic (exact) mass is 402 g/mol. The topological polar surface area (TPSA) is 67.7 Å². The van der Waals surface area contributed by atoms with Gasteiger partial charge in [-0.1, -0.05) is 12.1 Å². The zero-order valence-corrected chi connectivity index (χ0v) is 16.9. The smallest absolute Gasteiger partial charge is 0.231 e. The number of piperazine rings is 1. The van der Waals surface area contributed by atoms with E-state index in [2.05, 4.69) is 57.1 Å². The van der Waals surface area contributed by atoms with E-state index in [1.807, 2.05) is 6.07 Å². The third-order valence-corrected chi connectivity index (χ3v) is 6.18. The molecule has 1 saturated heterocycles. The maximum absolute atomic E-state index is 5.52. The lowest BCUT2D eigenvalue weighted by atomic mass is 10.1. The van der Waals surface area contributed by atoms with Gasteiger partial charge in [0.05, 0.1) is 26.2 Å². The number of hydrogen-bond donors (Lipinski definition) is 2. The minimum absolute atomic E-state index is 0.324. The molecule has 0 amide bonds. The fraction of sp³-hybridized carbons (Fsp3) is 0.304. The van der Waals surface area contributed by atoms with Gasteiger partial charge in [-0.3, -0.25) is 0 Å². The van der Waals surface area contributed by atoms with Gasteiger partial charge in [-0.2, -0.15) is 0 Å². The Balaban J connectivity index is 1.21. The van der Waals surface area contributed by atoms with Crippen molar-refractivity contribution < 1.29 is 14.4 Å². The van der Waals surface area contributed by atoms with Crippen LogP contribution < -0.4 is 19.3 Å². The predicted molar refractivity (Wildman–Crippen MR) is 115 cm³/mol. The molecule has 30 heavy (non-hydrogen) atoms. The van der Waals surface area contributed by atoms with E-state index in [9.17, 15) is 0 Å². The van der Waals surface area contributed by atoms with E-state index < -0.39 is 0 Å². The fourth-order valence-electron chi connectivity index (χ4n) is 4.59. The number of ether oxygens (including phenoxy) is 2. The number of rotatable bonds is 3. The average molecular weight is 402 g/mol. The number of nitrogens with zero attached hydrogens (tertiary/aromatic N) is 3. The molecule has 0 bridgehead atoms. The molecule has 0 spiro atoms. The molecule has 4 heterocycles. The molecule has 7 nitrogen and oxygen atoms in total. The van der Waals surface area contributed by atoms with Crippen LogP contribution in [-0.4, -0.2) is 47.9 Å². The van der Waals surface area contributed by atoms with E-state index in [4.69, 9.17) is 9.47 Å². The summed E-state index contributed by atoms with van der Waals surface area (Å²) in [5.74, 6) is 2.72. The Hall–Kier alpha value is -3.32. The van der Waals surface area contributed by atoms with Crippen LogP contribution in [0.25, 0.3) is 21.9 Å². The SMILES string of the molecule is Cc1ccc2c(c1)[nH]c1c(N3CC[NH+](Cc4ccc5c(c4)OCO5)CC3)ncnc12. The molecule has 2 aromatic heterocycles. The summed E-state index contributed by atoms with van der Waals surface area (Å²) < 4.78 is 10.9. The third kappa shape index (κ3) is 2.93. The van der Waals surface area contributed by atoms with Crippen LogP contribution in [-0.2, 0) is 6.54 Å². The second kappa shape index (κ2) is 6.88. The summed E-state index contributed by atoms with van der Waals surface area (Å²) in [4.78, 5) is 16.7. The van der Waals surface area contributed by atoms with E-state index in [0.29, 0.717) is 6.79 Å². The average Bonchev–Trinajstić information content (AvgIpc) is 3.37. The lowest BCUT2D eigenvalue weighted by molar-refractivity contribution is -0.914. The molecular weight excluding hydrogens is 378 g/mol. The fourth-order valence-corrected chi connectivity index (χ4v) is 4.59. The number of benzene rings is 2. The molecule has 4 aromatic rings. The number of fused-ring (bicyclic) bond motifs is 4. The molecule has 2 aliphatic heterocycles. The van der Waals surface area contributed by atoms with Crippen molar-refractivity contribution in [3.8, 4) is 11.5 Å². The highest BCUT2D eigenvalue weighted by Crippen LogP contribution is 2.32. The highest BCUT2D eigenvalue weighted by Gasteiger charge is 2.24. The molecule has 0 unspecified atom stereocenters. The largest absolute Gasteiger partial charge is 0.454 e. The van der Waals surface area contributed by atoms with Crippen LogP contribution in [0.2, 0.25) is 0 Å². The van der Waals surface area contributed by atoms with Crippen molar-refractivity contribution >= 4 is 27.8 Å². The van der Waals surface area contributed by atoms with Gasteiger partial charge >= 0.3 is 0 Å². The molecule has 1 fully saturated rings. The van der Waals surface area contributed by atoms with Crippen molar-refractivity contribution in [1.82, 2.24) is 15.0 Å². The number of aryl methyl sites for hydroxylation is 1. The minimum atomic E-state index is 0.324. The van der Waals surface area contributed by atoms with Crippen molar-refractivity contribution in [2.24, 2.45) is 0 Å². The minimum Gasteiger partial charge on any atom is -0.454 e. The Morgan fingerprint density at radius 3 is 2.80 bits per heavy atom. The Bertz CT molecular complexity index is 1240. The van der Waals surface area contributed by atoms with Crippen LogP contribution in [0.5, 0.6) is 11.5 Å². The number of hydrogen-bond acceptors (Lipinski definition) is 5. The van der Waals surface area contributed by atoms with Crippen molar-refractivity contribution in [3.05, 3.63) is 53.9 Å². The van der Waals surface area contributed by atoms with E-state index in [1.165, 1.54) is 11.1 Å². The van der Waals surface area contributed by atoms with Crippen LogP contribution in [0.3, 0.4) is 0 Å². The quantitative estimate of drug-likeness (QED) is 0.549. The lowest BCUT2D eigenvalue weighted by Crippen LogP contribution is -3.13. The maximum Gasteiger partial charge on any atom is 0.231 e. The normalized spacial score (nSPS) is 16.6. The Labute approximate surface area is 174 Å². The highest BCUT2D eigenvalue weighted by molar-refractivity contribution is 6.08. The van der Waals surface area contributed by atoms with Crippen molar-refractivity contribution in [2.45, 2.75) is 13.5 Å². The Kier molecular flexibility index (Phi) is 4.02. The summed E-state index contributed by atoms with van der Waals surface area (Å²) in [7, 11) is 0. The van der Waals surface area contributed by atoms with Gasteiger partial charge in [-0.25, -0.2) is 9.97 Å². The number of aromatic nitrogens is 3. The van der Waals surface area contributed by atoms with Gasteiger partial charge < -0.3 is 24.3 Å². The lowest BCUT2D eigenvalue weighted by Gasteiger charge is -2.33. The summed E-state index contributed by atoms with van der Waals surface area (Å²) in [6.45, 7) is 7.51. The number of nitrogens with one attached hydrogen (secondary N) is 2. The van der Waals surface area contributed by atoms with Gasteiger partial charge in [0.1, 0.15) is 23.9 Å². The summed E-state index contributed by atoms with van der Waals surface area (Å²) >= 11 is 0. The molecule has 2 N–H and O–H groups in total. The number of aromatic amines is 1. The molecule has 2 aromatic carbocycles. The van der Waals surface area contributed by atoms with Crippen molar-refractivity contribution in [2.75, 3.05) is 37.9 Å².